The topological polar surface area (TPSA) is 79.7 Å². The van der Waals surface area contributed by atoms with Crippen LogP contribution in [0.4, 0.5) is 4.79 Å². The van der Waals surface area contributed by atoms with Crippen molar-refractivity contribution in [3.05, 3.63) is 17.5 Å². The van der Waals surface area contributed by atoms with E-state index in [-0.39, 0.29) is 18.0 Å². The highest BCUT2D eigenvalue weighted by Crippen LogP contribution is 2.17. The van der Waals surface area contributed by atoms with Gasteiger partial charge in [0.1, 0.15) is 5.54 Å². The molecule has 0 bridgehead atoms. The minimum atomic E-state index is -0.805. The van der Waals surface area contributed by atoms with Crippen LogP contribution in [0.25, 0.3) is 0 Å². The van der Waals surface area contributed by atoms with E-state index in [1.807, 2.05) is 18.5 Å². The van der Waals surface area contributed by atoms with E-state index in [2.05, 4.69) is 21.4 Å². The number of hydrogen-bond acceptors (Lipinski definition) is 5. The Morgan fingerprint density at radius 3 is 2.68 bits per heavy atom. The van der Waals surface area contributed by atoms with Crippen LogP contribution in [0.1, 0.15) is 25.2 Å². The van der Waals surface area contributed by atoms with E-state index < -0.39 is 5.54 Å². The molecule has 0 aromatic carbocycles. The predicted molar refractivity (Wildman–Crippen MR) is 92.2 cm³/mol. The second-order valence-electron chi connectivity index (χ2n) is 7.41. The van der Waals surface area contributed by atoms with Crippen LogP contribution in [0.2, 0.25) is 0 Å². The Morgan fingerprint density at radius 1 is 1.32 bits per heavy atom. The summed E-state index contributed by atoms with van der Waals surface area (Å²) in [6, 6.07) is 1.75. The van der Waals surface area contributed by atoms with Gasteiger partial charge in [0.05, 0.1) is 24.9 Å². The van der Waals surface area contributed by atoms with Gasteiger partial charge in [-0.05, 0) is 33.8 Å². The lowest BCUT2D eigenvalue weighted by molar-refractivity contribution is -0.130. The van der Waals surface area contributed by atoms with Crippen molar-refractivity contribution in [2.24, 2.45) is 0 Å². The molecule has 1 N–H and O–H groups in total. The van der Waals surface area contributed by atoms with Gasteiger partial charge in [0, 0.05) is 31.9 Å². The highest BCUT2D eigenvalue weighted by molar-refractivity contribution is 6.06. The number of amides is 3. The van der Waals surface area contributed by atoms with Gasteiger partial charge >= 0.3 is 6.03 Å². The molecule has 138 valence electrons. The first-order valence-corrected chi connectivity index (χ1v) is 8.75. The number of carbonyl (C=O) groups excluding carboxylic acids is 2. The summed E-state index contributed by atoms with van der Waals surface area (Å²) in [7, 11) is 0. The third kappa shape index (κ3) is 3.85. The SMILES string of the molecule is Cc1cc(C)n(C[C@H]2CN(CCN3C(=O)NC(C)(C)C3=O)CCO2)n1. The average molecular weight is 349 g/mol. The first kappa shape index (κ1) is 17.9. The zero-order valence-corrected chi connectivity index (χ0v) is 15.4. The van der Waals surface area contributed by atoms with E-state index in [1.165, 1.54) is 4.90 Å². The number of nitrogens with zero attached hydrogens (tertiary/aromatic N) is 4. The summed E-state index contributed by atoms with van der Waals surface area (Å²) in [6.45, 7) is 11.5. The van der Waals surface area contributed by atoms with Gasteiger partial charge in [0.2, 0.25) is 0 Å². The van der Waals surface area contributed by atoms with Crippen LogP contribution in [-0.4, -0.2) is 75.9 Å². The third-order valence-corrected chi connectivity index (χ3v) is 4.79. The summed E-state index contributed by atoms with van der Waals surface area (Å²) in [4.78, 5) is 27.8. The lowest BCUT2D eigenvalue weighted by Crippen LogP contribution is -2.48. The van der Waals surface area contributed by atoms with E-state index in [4.69, 9.17) is 4.74 Å². The largest absolute Gasteiger partial charge is 0.374 e. The standard InChI is InChI=1S/C17H27N5O3/c1-12-9-13(2)22(19-12)11-14-10-20(7-8-25-14)5-6-21-15(23)17(3,4)18-16(21)24/h9,14H,5-8,10-11H2,1-4H3,(H,18,24)/t14-/m1/s1. The van der Waals surface area contributed by atoms with E-state index in [1.54, 1.807) is 13.8 Å². The normalized spacial score (nSPS) is 24.0. The van der Waals surface area contributed by atoms with E-state index in [0.29, 0.717) is 26.2 Å². The summed E-state index contributed by atoms with van der Waals surface area (Å²) in [5.41, 5.74) is 1.33. The Morgan fingerprint density at radius 2 is 2.08 bits per heavy atom. The number of imide groups is 1. The molecule has 3 rings (SSSR count). The van der Waals surface area contributed by atoms with Crippen LogP contribution < -0.4 is 5.32 Å². The number of rotatable bonds is 5. The van der Waals surface area contributed by atoms with Gasteiger partial charge in [-0.2, -0.15) is 5.10 Å². The molecular weight excluding hydrogens is 322 g/mol. The van der Waals surface area contributed by atoms with Crippen LogP contribution in [-0.2, 0) is 16.1 Å². The van der Waals surface area contributed by atoms with Crippen LogP contribution in [0, 0.1) is 13.8 Å². The summed E-state index contributed by atoms with van der Waals surface area (Å²) in [5.74, 6) is -0.162. The Kier molecular flexibility index (Phi) is 4.83. The van der Waals surface area contributed by atoms with Gasteiger partial charge < -0.3 is 10.1 Å². The number of urea groups is 1. The Balaban J connectivity index is 1.53. The van der Waals surface area contributed by atoms with Crippen LogP contribution in [0.5, 0.6) is 0 Å². The number of morpholine rings is 1. The minimum Gasteiger partial charge on any atom is -0.374 e. The zero-order chi connectivity index (χ0) is 18.2. The van der Waals surface area contributed by atoms with Crippen molar-refractivity contribution < 1.29 is 14.3 Å². The van der Waals surface area contributed by atoms with Crippen molar-refractivity contribution in [3.8, 4) is 0 Å². The zero-order valence-electron chi connectivity index (χ0n) is 15.4. The molecule has 2 saturated heterocycles. The fraction of sp³-hybridized carbons (Fsp3) is 0.706. The summed E-state index contributed by atoms with van der Waals surface area (Å²) in [6.07, 6.45) is 0.0614. The van der Waals surface area contributed by atoms with Gasteiger partial charge in [-0.1, -0.05) is 0 Å². The lowest BCUT2D eigenvalue weighted by Gasteiger charge is -2.33. The molecule has 0 spiro atoms. The van der Waals surface area contributed by atoms with Crippen molar-refractivity contribution in [2.75, 3.05) is 32.8 Å². The number of ether oxygens (including phenoxy) is 1. The molecule has 1 atom stereocenters. The molecule has 3 heterocycles. The Labute approximate surface area is 148 Å². The number of hydrogen-bond donors (Lipinski definition) is 1. The quantitative estimate of drug-likeness (QED) is 0.785. The fourth-order valence-corrected chi connectivity index (χ4v) is 3.41. The molecule has 3 amide bonds. The molecule has 1 aromatic rings. The van der Waals surface area contributed by atoms with Gasteiger partial charge in [0.25, 0.3) is 5.91 Å². The van der Waals surface area contributed by atoms with Crippen LogP contribution in [0.15, 0.2) is 6.07 Å². The van der Waals surface area contributed by atoms with Crippen molar-refractivity contribution in [1.82, 2.24) is 24.9 Å². The lowest BCUT2D eigenvalue weighted by atomic mass is 10.1. The van der Waals surface area contributed by atoms with Gasteiger partial charge in [-0.3, -0.25) is 19.3 Å². The third-order valence-electron chi connectivity index (χ3n) is 4.79. The van der Waals surface area contributed by atoms with Crippen LogP contribution >= 0.6 is 0 Å². The first-order chi connectivity index (χ1) is 11.8. The summed E-state index contributed by atoms with van der Waals surface area (Å²) >= 11 is 0. The number of carbonyl (C=O) groups is 2. The highest BCUT2D eigenvalue weighted by atomic mass is 16.5. The average Bonchev–Trinajstić information content (AvgIpc) is 2.94. The van der Waals surface area contributed by atoms with Crippen molar-refractivity contribution in [1.29, 1.82) is 0 Å². The van der Waals surface area contributed by atoms with Crippen molar-refractivity contribution in [3.63, 3.8) is 0 Å². The molecule has 2 fully saturated rings. The monoisotopic (exact) mass is 349 g/mol. The van der Waals surface area contributed by atoms with Crippen molar-refractivity contribution in [2.45, 2.75) is 45.9 Å². The molecule has 2 aliphatic rings. The number of aromatic nitrogens is 2. The van der Waals surface area contributed by atoms with Gasteiger partial charge in [-0.25, -0.2) is 4.79 Å². The smallest absolute Gasteiger partial charge is 0.325 e. The van der Waals surface area contributed by atoms with E-state index in [0.717, 1.165) is 24.5 Å². The number of aryl methyl sites for hydroxylation is 2. The predicted octanol–water partition coefficient (Wildman–Crippen LogP) is 0.531. The Bertz CT molecular complexity index is 669. The van der Waals surface area contributed by atoms with E-state index in [9.17, 15) is 9.59 Å². The molecule has 0 aliphatic carbocycles. The molecule has 0 radical (unpaired) electrons. The summed E-state index contributed by atoms with van der Waals surface area (Å²) < 4.78 is 7.84. The fourth-order valence-electron chi connectivity index (χ4n) is 3.41. The molecule has 8 nitrogen and oxygen atoms in total. The molecule has 0 saturated carbocycles. The Hall–Kier alpha value is -1.93. The number of nitrogens with one attached hydrogen (secondary N) is 1. The maximum atomic E-state index is 12.2. The second-order valence-corrected chi connectivity index (χ2v) is 7.41. The van der Waals surface area contributed by atoms with Gasteiger partial charge in [0.15, 0.2) is 0 Å². The molecule has 1 aromatic heterocycles. The molecule has 0 unspecified atom stereocenters. The first-order valence-electron chi connectivity index (χ1n) is 8.75. The molecule has 8 heteroatoms. The minimum absolute atomic E-state index is 0.0614. The highest BCUT2D eigenvalue weighted by Gasteiger charge is 2.44. The maximum absolute atomic E-state index is 12.2. The van der Waals surface area contributed by atoms with E-state index >= 15 is 0 Å². The van der Waals surface area contributed by atoms with Crippen molar-refractivity contribution >= 4 is 11.9 Å². The molecule has 2 aliphatic heterocycles. The van der Waals surface area contributed by atoms with Gasteiger partial charge in [-0.15, -0.1) is 0 Å². The maximum Gasteiger partial charge on any atom is 0.325 e. The summed E-state index contributed by atoms with van der Waals surface area (Å²) in [5, 5.41) is 7.20. The second kappa shape index (κ2) is 6.76. The molecule has 25 heavy (non-hydrogen) atoms. The van der Waals surface area contributed by atoms with Crippen LogP contribution in [0.3, 0.4) is 0 Å². The molecular formula is C17H27N5O3.